The highest BCUT2D eigenvalue weighted by molar-refractivity contribution is 6.55. The van der Waals surface area contributed by atoms with Gasteiger partial charge in [0.25, 0.3) is 5.56 Å². The summed E-state index contributed by atoms with van der Waals surface area (Å²) in [7, 11) is 5.93. The molecule has 0 radical (unpaired) electrons. The first kappa shape index (κ1) is 30.1. The van der Waals surface area contributed by atoms with Gasteiger partial charge in [-0.3, -0.25) is 19.1 Å². The van der Waals surface area contributed by atoms with Crippen molar-refractivity contribution in [3.8, 4) is 0 Å². The Morgan fingerprint density at radius 1 is 0.976 bits per heavy atom. The van der Waals surface area contributed by atoms with E-state index in [2.05, 4.69) is 46.4 Å². The van der Waals surface area contributed by atoms with E-state index in [4.69, 9.17) is 9.72 Å². The van der Waals surface area contributed by atoms with Gasteiger partial charge in [-0.2, -0.15) is 4.98 Å². The van der Waals surface area contributed by atoms with Gasteiger partial charge in [0.2, 0.25) is 11.9 Å². The summed E-state index contributed by atoms with van der Waals surface area (Å²) < 4.78 is 7.50. The molecule has 1 aromatic carbocycles. The number of hydrogen-bond acceptors (Lipinski definition) is 7. The number of benzene rings is 1. The second-order valence-electron chi connectivity index (χ2n) is 12.1. The van der Waals surface area contributed by atoms with Gasteiger partial charge < -0.3 is 15.0 Å². The zero-order valence-corrected chi connectivity index (χ0v) is 25.8. The van der Waals surface area contributed by atoms with Crippen molar-refractivity contribution in [2.24, 2.45) is 0 Å². The van der Waals surface area contributed by atoms with Crippen LogP contribution in [0.2, 0.25) is 0 Å². The molecule has 2 saturated heterocycles. The molecule has 9 nitrogen and oxygen atoms in total. The third kappa shape index (κ3) is 5.92. The maximum Gasteiger partial charge on any atom is 0.252 e. The van der Waals surface area contributed by atoms with E-state index in [1.54, 1.807) is 22.9 Å². The van der Waals surface area contributed by atoms with Crippen molar-refractivity contribution < 1.29 is 9.53 Å². The quantitative estimate of drug-likeness (QED) is 0.334. The van der Waals surface area contributed by atoms with Crippen LogP contribution >= 0.6 is 0 Å². The summed E-state index contributed by atoms with van der Waals surface area (Å²) in [6.07, 6.45) is 3.63. The number of carbonyl (C=O) groups excluding carboxylic acids is 1. The third-order valence-corrected chi connectivity index (χ3v) is 9.04. The number of fused-ring (bicyclic) bond motifs is 1. The highest BCUT2D eigenvalue weighted by atomic mass is 16.5. The molecular formula is C30H41B3N6O3. The van der Waals surface area contributed by atoms with E-state index in [0.717, 1.165) is 74.0 Å². The van der Waals surface area contributed by atoms with Crippen molar-refractivity contribution in [2.45, 2.75) is 51.2 Å². The average molecular weight is 566 g/mol. The smallest absolute Gasteiger partial charge is 0.252 e. The molecule has 2 aliphatic rings. The van der Waals surface area contributed by atoms with Crippen molar-refractivity contribution in [1.29, 1.82) is 0 Å². The minimum atomic E-state index is -0.101. The molecule has 3 aromatic rings. The Hall–Kier alpha value is -3.37. The van der Waals surface area contributed by atoms with Crippen molar-refractivity contribution in [3.05, 3.63) is 74.9 Å². The molecular weight excluding hydrogens is 525 g/mol. The average Bonchev–Trinajstić information content (AvgIpc) is 3.00. The first-order valence-corrected chi connectivity index (χ1v) is 15.1. The van der Waals surface area contributed by atoms with Crippen LogP contribution in [0.1, 0.15) is 56.8 Å². The Bertz CT molecular complexity index is 1520. The SMILES string of the molecule is BC(B)=C(B)C(=O)N1CCN(C2(c3ccc([C@H](C)Nc4ncc5ccc(=O)n(C(C)C)c5n4)cc3)CCOCC2)CC1. The van der Waals surface area contributed by atoms with Gasteiger partial charge in [0.05, 0.1) is 11.6 Å². The van der Waals surface area contributed by atoms with E-state index in [0.29, 0.717) is 11.6 Å². The number of carbonyl (C=O) groups is 1. The Balaban J connectivity index is 1.33. The summed E-state index contributed by atoms with van der Waals surface area (Å²) in [5.74, 6) is 0.653. The number of piperazine rings is 1. The van der Waals surface area contributed by atoms with Gasteiger partial charge >= 0.3 is 0 Å². The molecule has 2 aliphatic heterocycles. The number of aromatic nitrogens is 3. The first-order chi connectivity index (χ1) is 20.1. The zero-order chi connectivity index (χ0) is 30.0. The lowest BCUT2D eigenvalue weighted by Crippen LogP contribution is -2.58. The van der Waals surface area contributed by atoms with Crippen LogP contribution in [-0.4, -0.2) is 93.2 Å². The number of pyridine rings is 1. The molecule has 12 heteroatoms. The standard InChI is InChI=1S/C30H41B3N6O3/c1-19(2)39-24(40)9-6-22-18-34-29(36-27(22)39)35-20(3)21-4-7-23(8-5-21)30(10-16-42-17-11-30)38-14-12-37(13-15-38)28(41)25(31)26(32)33/h4-9,18-20H,10-17,31-33H2,1-3H3,(H,34,35,36)/t20-/m0/s1. The van der Waals surface area contributed by atoms with Crippen molar-refractivity contribution in [3.63, 3.8) is 0 Å². The molecule has 0 unspecified atom stereocenters. The predicted octanol–water partition coefficient (Wildman–Crippen LogP) is 0.764. The van der Waals surface area contributed by atoms with Crippen LogP contribution in [0.15, 0.2) is 58.2 Å². The molecule has 2 fully saturated rings. The molecule has 4 heterocycles. The van der Waals surface area contributed by atoms with Crippen LogP contribution in [0.25, 0.3) is 11.0 Å². The molecule has 0 aliphatic carbocycles. The summed E-state index contributed by atoms with van der Waals surface area (Å²) in [6.45, 7) is 10.7. The lowest BCUT2D eigenvalue weighted by atomic mass is 9.69. The minimum absolute atomic E-state index is 0.00335. The van der Waals surface area contributed by atoms with E-state index < -0.39 is 0 Å². The zero-order valence-electron chi connectivity index (χ0n) is 25.8. The van der Waals surface area contributed by atoms with Crippen molar-refractivity contribution >= 4 is 46.4 Å². The number of rotatable bonds is 7. The van der Waals surface area contributed by atoms with Crippen LogP contribution < -0.4 is 10.9 Å². The molecule has 5 rings (SSSR count). The first-order valence-electron chi connectivity index (χ1n) is 15.1. The highest BCUT2D eigenvalue weighted by Gasteiger charge is 2.41. The van der Waals surface area contributed by atoms with Crippen LogP contribution in [0.3, 0.4) is 0 Å². The van der Waals surface area contributed by atoms with Gasteiger partial charge in [-0.15, -0.1) is 5.37 Å². The normalized spacial score (nSPS) is 18.1. The molecule has 0 saturated carbocycles. The second kappa shape index (κ2) is 12.5. The summed E-state index contributed by atoms with van der Waals surface area (Å²) >= 11 is 0. The number of hydrogen-bond donors (Lipinski definition) is 1. The maximum atomic E-state index is 12.9. The van der Waals surface area contributed by atoms with Gasteiger partial charge in [-0.05, 0) is 56.3 Å². The molecule has 1 amide bonds. The van der Waals surface area contributed by atoms with Gasteiger partial charge in [-0.25, -0.2) is 4.98 Å². The van der Waals surface area contributed by atoms with E-state index >= 15 is 0 Å². The topological polar surface area (TPSA) is 92.6 Å². The van der Waals surface area contributed by atoms with Crippen LogP contribution in [0.4, 0.5) is 5.95 Å². The Kier molecular flexibility index (Phi) is 8.94. The van der Waals surface area contributed by atoms with E-state index in [-0.39, 0.29) is 29.1 Å². The van der Waals surface area contributed by atoms with Crippen LogP contribution in [0, 0.1) is 0 Å². The number of nitrogens with zero attached hydrogens (tertiary/aromatic N) is 5. The number of nitrogens with one attached hydrogen (secondary N) is 1. The maximum absolute atomic E-state index is 12.9. The number of anilines is 1. The summed E-state index contributed by atoms with van der Waals surface area (Å²) in [4.78, 5) is 39.2. The Morgan fingerprint density at radius 2 is 1.64 bits per heavy atom. The highest BCUT2D eigenvalue weighted by Crippen LogP contribution is 2.39. The third-order valence-electron chi connectivity index (χ3n) is 9.04. The van der Waals surface area contributed by atoms with Crippen molar-refractivity contribution in [2.75, 3.05) is 44.7 Å². The van der Waals surface area contributed by atoms with Gasteiger partial charge in [0, 0.05) is 63.1 Å². The van der Waals surface area contributed by atoms with Crippen LogP contribution in [-0.2, 0) is 15.1 Å². The fraction of sp³-hybridized carbons (Fsp3) is 0.467. The summed E-state index contributed by atoms with van der Waals surface area (Å²) in [6, 6.07) is 12.2. The predicted molar refractivity (Wildman–Crippen MR) is 175 cm³/mol. The van der Waals surface area contributed by atoms with Gasteiger partial charge in [-0.1, -0.05) is 24.3 Å². The molecule has 1 atom stereocenters. The monoisotopic (exact) mass is 566 g/mol. The fourth-order valence-corrected chi connectivity index (χ4v) is 6.25. The lowest BCUT2D eigenvalue weighted by molar-refractivity contribution is -0.130. The number of ether oxygens (including phenoxy) is 1. The van der Waals surface area contributed by atoms with E-state index in [1.807, 2.05) is 42.3 Å². The summed E-state index contributed by atoms with van der Waals surface area (Å²) in [5, 5.41) is 5.35. The molecule has 42 heavy (non-hydrogen) atoms. The number of amides is 1. The minimum Gasteiger partial charge on any atom is -0.381 e. The van der Waals surface area contributed by atoms with Gasteiger partial charge in [0.15, 0.2) is 0 Å². The van der Waals surface area contributed by atoms with E-state index in [1.165, 1.54) is 5.56 Å². The van der Waals surface area contributed by atoms with E-state index in [9.17, 15) is 9.59 Å². The molecule has 1 N–H and O–H groups in total. The molecule has 0 bridgehead atoms. The lowest BCUT2D eigenvalue weighted by Gasteiger charge is -2.50. The molecule has 0 spiro atoms. The second-order valence-corrected chi connectivity index (χ2v) is 12.1. The Morgan fingerprint density at radius 3 is 2.26 bits per heavy atom. The molecule has 2 aromatic heterocycles. The molecule has 218 valence electrons. The fourth-order valence-electron chi connectivity index (χ4n) is 6.25. The van der Waals surface area contributed by atoms with Crippen LogP contribution in [0.5, 0.6) is 0 Å². The Labute approximate surface area is 251 Å². The summed E-state index contributed by atoms with van der Waals surface area (Å²) in [5.41, 5.74) is 3.75. The largest absolute Gasteiger partial charge is 0.381 e. The van der Waals surface area contributed by atoms with Crippen molar-refractivity contribution in [1.82, 2.24) is 24.3 Å². The van der Waals surface area contributed by atoms with Gasteiger partial charge in [0.1, 0.15) is 29.2 Å².